The van der Waals surface area contributed by atoms with Crippen molar-refractivity contribution in [3.05, 3.63) is 28.5 Å². The molecule has 2 saturated heterocycles. The van der Waals surface area contributed by atoms with Gasteiger partial charge in [0.1, 0.15) is 11.5 Å². The number of hydrogen-bond donors (Lipinski definition) is 2. The van der Waals surface area contributed by atoms with E-state index in [-0.39, 0.29) is 39.0 Å². The molecule has 0 radical (unpaired) electrons. The minimum absolute atomic E-state index is 0.0108. The second-order valence-electron chi connectivity index (χ2n) is 10.5. The van der Waals surface area contributed by atoms with E-state index in [2.05, 4.69) is 20.6 Å². The molecule has 1 atom stereocenters. The number of alkyl halides is 3. The molecule has 2 aliphatic rings. The van der Waals surface area contributed by atoms with Crippen LogP contribution < -0.4 is 10.6 Å². The van der Waals surface area contributed by atoms with E-state index >= 15 is 0 Å². The first-order valence-corrected chi connectivity index (χ1v) is 13.2. The molecule has 0 aliphatic carbocycles. The van der Waals surface area contributed by atoms with Crippen molar-refractivity contribution >= 4 is 29.0 Å². The molecule has 0 unspecified atom stereocenters. The number of carbonyl (C=O) groups is 2. The van der Waals surface area contributed by atoms with E-state index in [9.17, 15) is 22.8 Å². The fourth-order valence-electron chi connectivity index (χ4n) is 4.53. The van der Waals surface area contributed by atoms with Gasteiger partial charge in [0.15, 0.2) is 5.01 Å². The van der Waals surface area contributed by atoms with Gasteiger partial charge in [0.25, 0.3) is 11.8 Å². The van der Waals surface area contributed by atoms with Crippen LogP contribution in [0.1, 0.15) is 79.2 Å². The first-order valence-electron chi connectivity index (χ1n) is 12.4. The van der Waals surface area contributed by atoms with Crippen LogP contribution in [-0.2, 0) is 10.9 Å². The van der Waals surface area contributed by atoms with Gasteiger partial charge in [-0.1, -0.05) is 0 Å². The number of rotatable bonds is 5. The molecule has 8 nitrogen and oxygen atoms in total. The average Bonchev–Trinajstić information content (AvgIpc) is 3.44. The second kappa shape index (κ2) is 10.6. The molecular weight excluding hydrogens is 507 g/mol. The quantitative estimate of drug-likeness (QED) is 0.557. The van der Waals surface area contributed by atoms with Gasteiger partial charge in [-0.15, -0.1) is 11.3 Å². The number of pyridine rings is 1. The van der Waals surface area contributed by atoms with Crippen molar-refractivity contribution < 1.29 is 27.5 Å². The van der Waals surface area contributed by atoms with Crippen LogP contribution in [-0.4, -0.2) is 64.1 Å². The molecule has 2 aromatic rings. The van der Waals surface area contributed by atoms with E-state index in [1.165, 1.54) is 0 Å². The van der Waals surface area contributed by atoms with Crippen molar-refractivity contribution in [1.29, 1.82) is 0 Å². The molecule has 2 aliphatic heterocycles. The number of anilines is 1. The highest BCUT2D eigenvalue weighted by Crippen LogP contribution is 2.42. The van der Waals surface area contributed by atoms with E-state index in [0.717, 1.165) is 36.4 Å². The molecule has 2 fully saturated rings. The zero-order valence-corrected chi connectivity index (χ0v) is 22.2. The summed E-state index contributed by atoms with van der Waals surface area (Å²) in [6.45, 7) is 8.86. The number of likely N-dealkylation sites (tertiary alicyclic amines) is 1. The van der Waals surface area contributed by atoms with Crippen molar-refractivity contribution in [1.82, 2.24) is 20.2 Å². The zero-order chi connectivity index (χ0) is 27.0. The molecule has 2 aromatic heterocycles. The van der Waals surface area contributed by atoms with Gasteiger partial charge in [-0.05, 0) is 59.4 Å². The minimum atomic E-state index is -4.72. The summed E-state index contributed by atoms with van der Waals surface area (Å²) < 4.78 is 48.1. The van der Waals surface area contributed by atoms with Gasteiger partial charge in [-0.2, -0.15) is 13.2 Å². The summed E-state index contributed by atoms with van der Waals surface area (Å²) >= 11 is 0.785. The van der Waals surface area contributed by atoms with Gasteiger partial charge in [0.05, 0.1) is 10.4 Å². The molecular formula is C25H32F3N5O3S. The predicted molar refractivity (Wildman–Crippen MR) is 135 cm³/mol. The lowest BCUT2D eigenvalue weighted by molar-refractivity contribution is -0.137. The summed E-state index contributed by atoms with van der Waals surface area (Å²) in [5.41, 5.74) is -1.88. The minimum Gasteiger partial charge on any atom is -0.381 e. The third-order valence-corrected chi connectivity index (χ3v) is 7.44. The van der Waals surface area contributed by atoms with Gasteiger partial charge >= 0.3 is 6.18 Å². The summed E-state index contributed by atoms with van der Waals surface area (Å²) in [6, 6.07) is 0.746. The first kappa shape index (κ1) is 27.3. The molecule has 0 spiro atoms. The monoisotopic (exact) mass is 539 g/mol. The van der Waals surface area contributed by atoms with Gasteiger partial charge in [-0.25, -0.2) is 9.97 Å². The SMILES string of the molecule is C[C@H]1CCCN1C(=O)c1nc(C(=O)NC2CCOCC2)sc1-c1cnc(NC(C)(C)C)cc1C(F)(F)F. The Morgan fingerprint density at radius 1 is 1.16 bits per heavy atom. The van der Waals surface area contributed by atoms with E-state index in [0.29, 0.717) is 32.6 Å². The Kier molecular flexibility index (Phi) is 7.80. The van der Waals surface area contributed by atoms with Crippen molar-refractivity contribution in [2.75, 3.05) is 25.1 Å². The third kappa shape index (κ3) is 6.40. The lowest BCUT2D eigenvalue weighted by Crippen LogP contribution is -2.39. The number of thiazole rings is 1. The standard InChI is InChI=1S/C25H32F3N5O3S/c1-14-6-5-9-33(14)23(35)19-20(37-22(31-19)21(34)30-15-7-10-36-11-8-15)16-13-29-18(32-24(2,3)4)12-17(16)25(26,27)28/h12-15H,5-11H2,1-4H3,(H,29,32)(H,30,34)/t14-/m0/s1. The summed E-state index contributed by atoms with van der Waals surface area (Å²) in [4.78, 5) is 36.6. The van der Waals surface area contributed by atoms with E-state index in [1.54, 1.807) is 4.90 Å². The highest BCUT2D eigenvalue weighted by Gasteiger charge is 2.38. The van der Waals surface area contributed by atoms with E-state index in [4.69, 9.17) is 4.74 Å². The van der Waals surface area contributed by atoms with Crippen LogP contribution in [0.25, 0.3) is 10.4 Å². The van der Waals surface area contributed by atoms with Crippen LogP contribution in [0.3, 0.4) is 0 Å². The maximum absolute atomic E-state index is 14.3. The highest BCUT2D eigenvalue weighted by atomic mass is 32.1. The van der Waals surface area contributed by atoms with Crippen molar-refractivity contribution in [3.63, 3.8) is 0 Å². The number of amides is 2. The Morgan fingerprint density at radius 3 is 2.46 bits per heavy atom. The van der Waals surface area contributed by atoms with Crippen molar-refractivity contribution in [2.45, 2.75) is 77.2 Å². The summed E-state index contributed by atoms with van der Waals surface area (Å²) in [5.74, 6) is -0.933. The zero-order valence-electron chi connectivity index (χ0n) is 21.4. The predicted octanol–water partition coefficient (Wildman–Crippen LogP) is 4.97. The summed E-state index contributed by atoms with van der Waals surface area (Å²) in [7, 11) is 0. The molecule has 2 amide bonds. The number of nitrogens with zero attached hydrogens (tertiary/aromatic N) is 3. The number of halogens is 3. The third-order valence-electron chi connectivity index (χ3n) is 6.35. The Bertz CT molecular complexity index is 1160. The smallest absolute Gasteiger partial charge is 0.381 e. The van der Waals surface area contributed by atoms with E-state index in [1.807, 2.05) is 27.7 Å². The van der Waals surface area contributed by atoms with Crippen molar-refractivity contribution in [3.8, 4) is 10.4 Å². The first-order chi connectivity index (χ1) is 17.3. The van der Waals surface area contributed by atoms with Gasteiger partial charge in [0, 0.05) is 49.1 Å². The molecule has 0 saturated carbocycles. The molecule has 4 rings (SSSR count). The summed E-state index contributed by atoms with van der Waals surface area (Å²) in [6.07, 6.45) is -0.759. The largest absolute Gasteiger partial charge is 0.417 e. The number of carbonyl (C=O) groups excluding carboxylic acids is 2. The molecule has 0 bridgehead atoms. The van der Waals surface area contributed by atoms with Crippen LogP contribution in [0.5, 0.6) is 0 Å². The fourth-order valence-corrected chi connectivity index (χ4v) is 5.51. The van der Waals surface area contributed by atoms with Gasteiger partial charge in [-0.3, -0.25) is 9.59 Å². The lowest BCUT2D eigenvalue weighted by Gasteiger charge is -2.23. The van der Waals surface area contributed by atoms with Crippen molar-refractivity contribution in [2.24, 2.45) is 0 Å². The number of hydrogen-bond acceptors (Lipinski definition) is 7. The fraction of sp³-hybridized carbons (Fsp3) is 0.600. The van der Waals surface area contributed by atoms with Crippen LogP contribution in [0.15, 0.2) is 12.3 Å². The Morgan fingerprint density at radius 2 is 1.86 bits per heavy atom. The number of ether oxygens (including phenoxy) is 1. The highest BCUT2D eigenvalue weighted by molar-refractivity contribution is 7.17. The Labute approximate surface area is 218 Å². The molecule has 37 heavy (non-hydrogen) atoms. The topological polar surface area (TPSA) is 96.5 Å². The lowest BCUT2D eigenvalue weighted by atomic mass is 10.1. The summed E-state index contributed by atoms with van der Waals surface area (Å²) in [5, 5.41) is 5.78. The van der Waals surface area contributed by atoms with Crippen LogP contribution in [0.4, 0.5) is 19.0 Å². The maximum atomic E-state index is 14.3. The molecule has 4 heterocycles. The number of aromatic nitrogens is 2. The van der Waals surface area contributed by atoms with Gasteiger partial charge in [0.2, 0.25) is 0 Å². The molecule has 202 valence electrons. The van der Waals surface area contributed by atoms with Gasteiger partial charge < -0.3 is 20.3 Å². The van der Waals surface area contributed by atoms with E-state index < -0.39 is 29.1 Å². The normalized spacial score (nSPS) is 19.2. The number of nitrogens with one attached hydrogen (secondary N) is 2. The Balaban J connectivity index is 1.78. The van der Waals surface area contributed by atoms with Crippen LogP contribution >= 0.6 is 11.3 Å². The Hall–Kier alpha value is -2.73. The second-order valence-corrected chi connectivity index (χ2v) is 11.5. The molecule has 12 heteroatoms. The maximum Gasteiger partial charge on any atom is 0.417 e. The van der Waals surface area contributed by atoms with Crippen LogP contribution in [0.2, 0.25) is 0 Å². The molecule has 0 aromatic carbocycles. The average molecular weight is 540 g/mol. The van der Waals surface area contributed by atoms with Crippen LogP contribution in [0, 0.1) is 0 Å². The molecule has 2 N–H and O–H groups in total.